The van der Waals surface area contributed by atoms with Gasteiger partial charge in [0.25, 0.3) is 5.91 Å². The van der Waals surface area contributed by atoms with Crippen molar-refractivity contribution in [1.82, 2.24) is 10.0 Å². The van der Waals surface area contributed by atoms with Crippen molar-refractivity contribution in [1.29, 1.82) is 0 Å². The van der Waals surface area contributed by atoms with Gasteiger partial charge >= 0.3 is 0 Å². The van der Waals surface area contributed by atoms with E-state index in [1.165, 1.54) is 38.4 Å². The summed E-state index contributed by atoms with van der Waals surface area (Å²) in [5.74, 6) is -0.646. The summed E-state index contributed by atoms with van der Waals surface area (Å²) in [6.45, 7) is 0.222. The summed E-state index contributed by atoms with van der Waals surface area (Å²) in [4.78, 5) is 12.1. The van der Waals surface area contributed by atoms with Crippen LogP contribution < -0.4 is 14.8 Å². The predicted octanol–water partition coefficient (Wildman–Crippen LogP) is 1.71. The van der Waals surface area contributed by atoms with E-state index in [1.54, 1.807) is 18.2 Å². The Kier molecular flexibility index (Phi) is 6.11. The largest absolute Gasteiger partial charge is 0.495 e. The van der Waals surface area contributed by atoms with Gasteiger partial charge in [-0.15, -0.1) is 0 Å². The van der Waals surface area contributed by atoms with Gasteiger partial charge in [0.15, 0.2) is 0 Å². The summed E-state index contributed by atoms with van der Waals surface area (Å²) in [5, 5.41) is 2.65. The molecule has 8 heteroatoms. The Morgan fingerprint density at radius 1 is 1.20 bits per heavy atom. The molecular formula is C17H19FN2O4S. The lowest BCUT2D eigenvalue weighted by Gasteiger charge is -2.11. The van der Waals surface area contributed by atoms with E-state index < -0.39 is 15.9 Å². The van der Waals surface area contributed by atoms with Crippen LogP contribution in [0.4, 0.5) is 4.39 Å². The average molecular weight is 366 g/mol. The van der Waals surface area contributed by atoms with Gasteiger partial charge in [0.2, 0.25) is 10.0 Å². The summed E-state index contributed by atoms with van der Waals surface area (Å²) in [6, 6.07) is 10.4. The molecule has 0 aliphatic carbocycles. The van der Waals surface area contributed by atoms with Crippen LogP contribution in [0.25, 0.3) is 0 Å². The van der Waals surface area contributed by atoms with Crippen molar-refractivity contribution in [3.8, 4) is 5.75 Å². The van der Waals surface area contributed by atoms with E-state index in [4.69, 9.17) is 4.74 Å². The zero-order valence-corrected chi connectivity index (χ0v) is 14.7. The molecular weight excluding hydrogens is 347 g/mol. The van der Waals surface area contributed by atoms with Crippen LogP contribution in [0.5, 0.6) is 5.75 Å². The second-order valence-corrected chi connectivity index (χ2v) is 7.03. The summed E-state index contributed by atoms with van der Waals surface area (Å²) in [5.41, 5.74) is 0.666. The highest BCUT2D eigenvalue weighted by Gasteiger charge is 2.20. The molecule has 2 aromatic rings. The van der Waals surface area contributed by atoms with Crippen molar-refractivity contribution < 1.29 is 22.3 Å². The van der Waals surface area contributed by atoms with Gasteiger partial charge in [-0.3, -0.25) is 4.79 Å². The molecule has 134 valence electrons. The van der Waals surface area contributed by atoms with E-state index in [9.17, 15) is 17.6 Å². The van der Waals surface area contributed by atoms with E-state index in [2.05, 4.69) is 10.0 Å². The Hall–Kier alpha value is -2.45. The molecule has 6 nitrogen and oxygen atoms in total. The number of halogens is 1. The summed E-state index contributed by atoms with van der Waals surface area (Å²) in [6.07, 6.45) is 0.330. The van der Waals surface area contributed by atoms with Crippen LogP contribution in [0.3, 0.4) is 0 Å². The third kappa shape index (κ3) is 4.55. The van der Waals surface area contributed by atoms with Crippen molar-refractivity contribution in [2.75, 3.05) is 20.7 Å². The van der Waals surface area contributed by atoms with Gasteiger partial charge in [-0.1, -0.05) is 18.2 Å². The first kappa shape index (κ1) is 18.9. The zero-order valence-electron chi connectivity index (χ0n) is 13.9. The van der Waals surface area contributed by atoms with Crippen LogP contribution in [0.2, 0.25) is 0 Å². The lowest BCUT2D eigenvalue weighted by Crippen LogP contribution is -2.26. The van der Waals surface area contributed by atoms with Crippen molar-refractivity contribution in [3.05, 3.63) is 59.4 Å². The SMILES string of the molecule is CNS(=O)(=O)c1cc(C(=O)NCCc2ccccc2F)ccc1OC. The van der Waals surface area contributed by atoms with Gasteiger partial charge < -0.3 is 10.1 Å². The van der Waals surface area contributed by atoms with Gasteiger partial charge in [0.05, 0.1) is 7.11 Å². The quantitative estimate of drug-likeness (QED) is 0.781. The predicted molar refractivity (Wildman–Crippen MR) is 91.7 cm³/mol. The molecule has 0 unspecified atom stereocenters. The van der Waals surface area contributed by atoms with Gasteiger partial charge in [0.1, 0.15) is 16.5 Å². The monoisotopic (exact) mass is 366 g/mol. The Bertz CT molecular complexity index is 869. The number of methoxy groups -OCH3 is 1. The maximum absolute atomic E-state index is 13.5. The molecule has 2 rings (SSSR count). The Morgan fingerprint density at radius 3 is 2.56 bits per heavy atom. The van der Waals surface area contributed by atoms with E-state index >= 15 is 0 Å². The third-order valence-electron chi connectivity index (χ3n) is 3.62. The Labute approximate surface area is 146 Å². The molecule has 0 aliphatic rings. The number of sulfonamides is 1. The molecule has 0 bridgehead atoms. The first-order valence-electron chi connectivity index (χ1n) is 7.52. The summed E-state index contributed by atoms with van der Waals surface area (Å²) in [7, 11) is -1.15. The van der Waals surface area contributed by atoms with E-state index in [0.717, 1.165) is 0 Å². The third-order valence-corrected chi connectivity index (χ3v) is 5.06. The summed E-state index contributed by atoms with van der Waals surface area (Å²) >= 11 is 0. The standard InChI is InChI=1S/C17H19FN2O4S/c1-19-25(22,23)16-11-13(7-8-15(16)24-2)17(21)20-10-9-12-5-3-4-6-14(12)18/h3-8,11,19H,9-10H2,1-2H3,(H,20,21). The van der Waals surface area contributed by atoms with Crippen molar-refractivity contribution >= 4 is 15.9 Å². The van der Waals surface area contributed by atoms with Crippen molar-refractivity contribution in [2.24, 2.45) is 0 Å². The number of carbonyl (C=O) groups is 1. The summed E-state index contributed by atoms with van der Waals surface area (Å²) < 4.78 is 44.8. The molecule has 0 aliphatic heterocycles. The molecule has 0 spiro atoms. The second-order valence-electron chi connectivity index (χ2n) is 5.17. The fraction of sp³-hybridized carbons (Fsp3) is 0.235. The van der Waals surface area contributed by atoms with Crippen molar-refractivity contribution in [3.63, 3.8) is 0 Å². The molecule has 0 atom stereocenters. The molecule has 0 heterocycles. The van der Waals surface area contributed by atoms with E-state index in [-0.39, 0.29) is 28.6 Å². The maximum atomic E-state index is 13.5. The highest BCUT2D eigenvalue weighted by atomic mass is 32.2. The lowest BCUT2D eigenvalue weighted by atomic mass is 10.1. The van der Waals surface area contributed by atoms with Crippen LogP contribution in [-0.2, 0) is 16.4 Å². The molecule has 0 aromatic heterocycles. The normalized spacial score (nSPS) is 11.2. The number of carbonyl (C=O) groups excluding carboxylic acids is 1. The highest BCUT2D eigenvalue weighted by Crippen LogP contribution is 2.24. The van der Waals surface area contributed by atoms with Gasteiger partial charge in [0, 0.05) is 12.1 Å². The van der Waals surface area contributed by atoms with Crippen LogP contribution in [-0.4, -0.2) is 35.0 Å². The molecule has 2 aromatic carbocycles. The minimum absolute atomic E-state index is 0.126. The van der Waals surface area contributed by atoms with Gasteiger partial charge in [-0.25, -0.2) is 17.5 Å². The zero-order chi connectivity index (χ0) is 18.4. The molecule has 0 saturated heterocycles. The van der Waals surface area contributed by atoms with Crippen LogP contribution >= 0.6 is 0 Å². The fourth-order valence-electron chi connectivity index (χ4n) is 2.25. The number of ether oxygens (including phenoxy) is 1. The van der Waals surface area contributed by atoms with Gasteiger partial charge in [-0.05, 0) is 43.3 Å². The molecule has 0 fully saturated rings. The topological polar surface area (TPSA) is 84.5 Å². The lowest BCUT2D eigenvalue weighted by molar-refractivity contribution is 0.0953. The Morgan fingerprint density at radius 2 is 1.92 bits per heavy atom. The molecule has 25 heavy (non-hydrogen) atoms. The van der Waals surface area contributed by atoms with Crippen LogP contribution in [0.1, 0.15) is 15.9 Å². The number of benzene rings is 2. The van der Waals surface area contributed by atoms with E-state index in [0.29, 0.717) is 12.0 Å². The van der Waals surface area contributed by atoms with Crippen molar-refractivity contribution in [2.45, 2.75) is 11.3 Å². The number of amides is 1. The van der Waals surface area contributed by atoms with Crippen LogP contribution in [0, 0.1) is 5.82 Å². The maximum Gasteiger partial charge on any atom is 0.251 e. The van der Waals surface area contributed by atoms with E-state index in [1.807, 2.05) is 0 Å². The van der Waals surface area contributed by atoms with Crippen LogP contribution in [0.15, 0.2) is 47.4 Å². The molecule has 0 saturated carbocycles. The smallest absolute Gasteiger partial charge is 0.251 e. The minimum Gasteiger partial charge on any atom is -0.495 e. The second kappa shape index (κ2) is 8.09. The molecule has 2 N–H and O–H groups in total. The number of hydrogen-bond donors (Lipinski definition) is 2. The first-order chi connectivity index (χ1) is 11.9. The van der Waals surface area contributed by atoms with Gasteiger partial charge in [-0.2, -0.15) is 0 Å². The Balaban J connectivity index is 2.12. The number of hydrogen-bond acceptors (Lipinski definition) is 4. The average Bonchev–Trinajstić information content (AvgIpc) is 2.62. The number of rotatable bonds is 7. The number of nitrogens with one attached hydrogen (secondary N) is 2. The minimum atomic E-state index is -3.77. The fourth-order valence-corrected chi connectivity index (χ4v) is 3.17. The first-order valence-corrected chi connectivity index (χ1v) is 9.00. The molecule has 0 radical (unpaired) electrons. The molecule has 1 amide bonds. The highest BCUT2D eigenvalue weighted by molar-refractivity contribution is 7.89.